The van der Waals surface area contributed by atoms with E-state index in [0.29, 0.717) is 30.0 Å². The fourth-order valence-electron chi connectivity index (χ4n) is 2.84. The van der Waals surface area contributed by atoms with Crippen molar-refractivity contribution in [2.24, 2.45) is 0 Å². The molecule has 3 rings (SSSR count). The van der Waals surface area contributed by atoms with Gasteiger partial charge in [0.1, 0.15) is 12.4 Å². The van der Waals surface area contributed by atoms with E-state index >= 15 is 0 Å². The molecule has 0 fully saturated rings. The number of carbonyl (C=O) groups excluding carboxylic acids is 1. The van der Waals surface area contributed by atoms with Crippen LogP contribution in [0, 0.1) is 0 Å². The molecular formula is C23H23NO5S. The molecule has 0 aliphatic heterocycles. The number of esters is 1. The van der Waals surface area contributed by atoms with Gasteiger partial charge in [0.05, 0.1) is 17.6 Å². The van der Waals surface area contributed by atoms with Gasteiger partial charge in [0.25, 0.3) is 0 Å². The Kier molecular flexibility index (Phi) is 6.74. The molecule has 0 heterocycles. The van der Waals surface area contributed by atoms with Crippen molar-refractivity contribution < 1.29 is 22.7 Å². The van der Waals surface area contributed by atoms with Gasteiger partial charge in [-0.3, -0.25) is 0 Å². The molecule has 0 bridgehead atoms. The maximum Gasteiger partial charge on any atom is 0.337 e. The standard InChI is InChI=1S/C23H23NO5S/c1-28-23(25)18-8-10-20(11-9-18)24-15-19-14-21(30(2,26)27)12-13-22(19)29-16-17-6-4-3-5-7-17/h3-14,24H,15-16H2,1-2H3. The third kappa shape index (κ3) is 5.61. The average molecular weight is 426 g/mol. The molecule has 0 unspecified atom stereocenters. The Balaban J connectivity index is 1.78. The van der Waals surface area contributed by atoms with Crippen LogP contribution in [-0.4, -0.2) is 27.8 Å². The second-order valence-corrected chi connectivity index (χ2v) is 8.75. The minimum absolute atomic E-state index is 0.229. The van der Waals surface area contributed by atoms with Crippen LogP contribution in [-0.2, 0) is 27.7 Å². The Morgan fingerprint density at radius 2 is 1.67 bits per heavy atom. The predicted octanol–water partition coefficient (Wildman–Crippen LogP) is 4.07. The molecule has 0 aliphatic rings. The quantitative estimate of drug-likeness (QED) is 0.548. The molecule has 0 aliphatic carbocycles. The zero-order valence-electron chi connectivity index (χ0n) is 16.8. The highest BCUT2D eigenvalue weighted by molar-refractivity contribution is 7.90. The van der Waals surface area contributed by atoms with E-state index < -0.39 is 15.8 Å². The molecule has 3 aromatic carbocycles. The van der Waals surface area contributed by atoms with Gasteiger partial charge in [0, 0.05) is 24.1 Å². The van der Waals surface area contributed by atoms with Gasteiger partial charge in [-0.25, -0.2) is 13.2 Å². The minimum Gasteiger partial charge on any atom is -0.489 e. The number of benzene rings is 3. The Hall–Kier alpha value is -3.32. The predicted molar refractivity (Wildman–Crippen MR) is 115 cm³/mol. The zero-order valence-corrected chi connectivity index (χ0v) is 17.6. The molecule has 6 nitrogen and oxygen atoms in total. The number of carbonyl (C=O) groups is 1. The van der Waals surface area contributed by atoms with Gasteiger partial charge in [-0.05, 0) is 48.0 Å². The van der Waals surface area contributed by atoms with E-state index in [1.54, 1.807) is 42.5 Å². The maximum absolute atomic E-state index is 12.0. The summed E-state index contributed by atoms with van der Waals surface area (Å²) in [4.78, 5) is 11.8. The Morgan fingerprint density at radius 3 is 2.30 bits per heavy atom. The topological polar surface area (TPSA) is 81.7 Å². The zero-order chi connectivity index (χ0) is 21.6. The fraction of sp³-hybridized carbons (Fsp3) is 0.174. The number of methoxy groups -OCH3 is 1. The number of nitrogens with one attached hydrogen (secondary N) is 1. The van der Waals surface area contributed by atoms with Crippen molar-refractivity contribution in [2.45, 2.75) is 18.0 Å². The van der Waals surface area contributed by atoms with Crippen LogP contribution in [0.4, 0.5) is 5.69 Å². The highest BCUT2D eigenvalue weighted by atomic mass is 32.2. The summed E-state index contributed by atoms with van der Waals surface area (Å²) in [5, 5.41) is 3.24. The maximum atomic E-state index is 12.0. The van der Waals surface area contributed by atoms with Gasteiger partial charge in [-0.1, -0.05) is 30.3 Å². The summed E-state index contributed by atoms with van der Waals surface area (Å²) in [7, 11) is -2.01. The second kappa shape index (κ2) is 9.45. The summed E-state index contributed by atoms with van der Waals surface area (Å²) in [5.41, 5.74) is 2.96. The number of hydrogen-bond donors (Lipinski definition) is 1. The molecular weight excluding hydrogens is 402 g/mol. The number of anilines is 1. The van der Waals surface area contributed by atoms with Crippen LogP contribution >= 0.6 is 0 Å². The lowest BCUT2D eigenvalue weighted by Gasteiger charge is -2.14. The van der Waals surface area contributed by atoms with Gasteiger partial charge < -0.3 is 14.8 Å². The first-order chi connectivity index (χ1) is 14.4. The van der Waals surface area contributed by atoms with E-state index in [9.17, 15) is 13.2 Å². The molecule has 30 heavy (non-hydrogen) atoms. The van der Waals surface area contributed by atoms with Crippen molar-refractivity contribution in [3.8, 4) is 5.75 Å². The molecule has 1 N–H and O–H groups in total. The van der Waals surface area contributed by atoms with Crippen molar-refractivity contribution >= 4 is 21.5 Å². The smallest absolute Gasteiger partial charge is 0.337 e. The second-order valence-electron chi connectivity index (χ2n) is 6.74. The van der Waals surface area contributed by atoms with Crippen LogP contribution in [0.15, 0.2) is 77.7 Å². The van der Waals surface area contributed by atoms with E-state index in [1.165, 1.54) is 13.4 Å². The van der Waals surface area contributed by atoms with Crippen LogP contribution in [0.3, 0.4) is 0 Å². The number of ether oxygens (including phenoxy) is 2. The summed E-state index contributed by atoms with van der Waals surface area (Å²) in [6.07, 6.45) is 1.18. The lowest BCUT2D eigenvalue weighted by molar-refractivity contribution is 0.0600. The molecule has 0 atom stereocenters. The lowest BCUT2D eigenvalue weighted by Crippen LogP contribution is -2.07. The summed E-state index contributed by atoms with van der Waals surface area (Å²) in [6.45, 7) is 0.727. The highest BCUT2D eigenvalue weighted by Crippen LogP contribution is 2.25. The molecule has 0 saturated carbocycles. The van der Waals surface area contributed by atoms with Crippen LogP contribution in [0.5, 0.6) is 5.75 Å². The van der Waals surface area contributed by atoms with Crippen molar-refractivity contribution in [3.05, 3.63) is 89.5 Å². The first-order valence-electron chi connectivity index (χ1n) is 9.29. The molecule has 156 valence electrons. The Bertz CT molecular complexity index is 1110. The molecule has 3 aromatic rings. The fourth-order valence-corrected chi connectivity index (χ4v) is 3.51. The van der Waals surface area contributed by atoms with E-state index in [0.717, 1.165) is 11.3 Å². The first-order valence-corrected chi connectivity index (χ1v) is 11.2. The summed E-state index contributed by atoms with van der Waals surface area (Å²) in [6, 6.07) is 21.4. The van der Waals surface area contributed by atoms with E-state index in [2.05, 4.69) is 5.32 Å². The number of rotatable bonds is 8. The van der Waals surface area contributed by atoms with Gasteiger partial charge >= 0.3 is 5.97 Å². The molecule has 0 saturated heterocycles. The largest absolute Gasteiger partial charge is 0.489 e. The lowest BCUT2D eigenvalue weighted by atomic mass is 10.1. The van der Waals surface area contributed by atoms with Gasteiger partial charge in [-0.15, -0.1) is 0 Å². The summed E-state index contributed by atoms with van der Waals surface area (Å²) < 4.78 is 34.6. The average Bonchev–Trinajstić information content (AvgIpc) is 2.76. The number of hydrogen-bond acceptors (Lipinski definition) is 6. The van der Waals surface area contributed by atoms with Crippen molar-refractivity contribution in [1.82, 2.24) is 0 Å². The normalized spacial score (nSPS) is 11.0. The minimum atomic E-state index is -3.34. The molecule has 0 spiro atoms. The van der Waals surface area contributed by atoms with Gasteiger partial charge in [0.2, 0.25) is 0 Å². The van der Waals surface area contributed by atoms with Gasteiger partial charge in [-0.2, -0.15) is 0 Å². The van der Waals surface area contributed by atoms with Crippen molar-refractivity contribution in [1.29, 1.82) is 0 Å². The van der Waals surface area contributed by atoms with E-state index in [-0.39, 0.29) is 4.90 Å². The van der Waals surface area contributed by atoms with Crippen LogP contribution < -0.4 is 10.1 Å². The molecule has 0 radical (unpaired) electrons. The SMILES string of the molecule is COC(=O)c1ccc(NCc2cc(S(C)(=O)=O)ccc2OCc2ccccc2)cc1. The summed E-state index contributed by atoms with van der Waals surface area (Å²) in [5.74, 6) is 0.198. The summed E-state index contributed by atoms with van der Waals surface area (Å²) >= 11 is 0. The van der Waals surface area contributed by atoms with Crippen molar-refractivity contribution in [3.63, 3.8) is 0 Å². The van der Waals surface area contributed by atoms with Crippen molar-refractivity contribution in [2.75, 3.05) is 18.7 Å². The van der Waals surface area contributed by atoms with Gasteiger partial charge in [0.15, 0.2) is 9.84 Å². The highest BCUT2D eigenvalue weighted by Gasteiger charge is 2.13. The third-order valence-electron chi connectivity index (χ3n) is 4.49. The molecule has 0 aromatic heterocycles. The molecule has 7 heteroatoms. The molecule has 0 amide bonds. The van der Waals surface area contributed by atoms with Crippen LogP contribution in [0.2, 0.25) is 0 Å². The number of sulfone groups is 1. The third-order valence-corrected chi connectivity index (χ3v) is 5.60. The van der Waals surface area contributed by atoms with Crippen LogP contribution in [0.1, 0.15) is 21.5 Å². The monoisotopic (exact) mass is 425 g/mol. The Labute approximate surface area is 176 Å². The Morgan fingerprint density at radius 1 is 0.967 bits per heavy atom. The van der Waals surface area contributed by atoms with E-state index in [4.69, 9.17) is 9.47 Å². The van der Waals surface area contributed by atoms with Crippen LogP contribution in [0.25, 0.3) is 0 Å². The first kappa shape index (κ1) is 21.4. The van der Waals surface area contributed by atoms with E-state index in [1.807, 2.05) is 30.3 Å².